The fourth-order valence-electron chi connectivity index (χ4n) is 1.12. The molecule has 1 rings (SSSR count). The lowest BCUT2D eigenvalue weighted by molar-refractivity contribution is 0.0742. The van der Waals surface area contributed by atoms with Gasteiger partial charge in [0, 0.05) is 19.7 Å². The quantitative estimate of drug-likeness (QED) is 0.677. The van der Waals surface area contributed by atoms with Gasteiger partial charge in [-0.05, 0) is 13.3 Å². The topological polar surface area (TPSA) is 82.1 Å². The minimum atomic E-state index is -0.182. The third kappa shape index (κ3) is 2.53. The lowest BCUT2D eigenvalue weighted by Gasteiger charge is -2.18. The maximum atomic E-state index is 11.7. The van der Waals surface area contributed by atoms with Crippen LogP contribution >= 0.6 is 0 Å². The SMILES string of the molecule is CCN(CCCO)C(=O)c1ncn[nH]1. The number of aromatic nitrogens is 3. The van der Waals surface area contributed by atoms with E-state index in [1.54, 1.807) is 4.90 Å². The smallest absolute Gasteiger partial charge is 0.291 e. The molecule has 6 heteroatoms. The maximum absolute atomic E-state index is 11.7. The van der Waals surface area contributed by atoms with Crippen LogP contribution < -0.4 is 0 Å². The van der Waals surface area contributed by atoms with Crippen LogP contribution in [0.25, 0.3) is 0 Å². The first-order chi connectivity index (χ1) is 6.79. The molecule has 78 valence electrons. The number of nitrogens with one attached hydrogen (secondary N) is 1. The van der Waals surface area contributed by atoms with E-state index in [9.17, 15) is 4.79 Å². The highest BCUT2D eigenvalue weighted by Crippen LogP contribution is 1.98. The summed E-state index contributed by atoms with van der Waals surface area (Å²) in [6.45, 7) is 3.10. The van der Waals surface area contributed by atoms with Gasteiger partial charge in [0.15, 0.2) is 0 Å². The zero-order chi connectivity index (χ0) is 10.4. The van der Waals surface area contributed by atoms with E-state index in [2.05, 4.69) is 15.2 Å². The number of aliphatic hydroxyl groups is 1. The molecular formula is C8H14N4O2. The third-order valence-electron chi connectivity index (χ3n) is 1.87. The number of amides is 1. The van der Waals surface area contributed by atoms with E-state index in [0.29, 0.717) is 19.5 Å². The number of H-pyrrole nitrogens is 1. The molecule has 0 aliphatic heterocycles. The van der Waals surface area contributed by atoms with Crippen molar-refractivity contribution in [1.29, 1.82) is 0 Å². The molecule has 0 aromatic carbocycles. The summed E-state index contributed by atoms with van der Waals surface area (Å²) >= 11 is 0. The highest BCUT2D eigenvalue weighted by molar-refractivity contribution is 5.90. The molecule has 0 unspecified atom stereocenters. The predicted octanol–water partition coefficient (Wildman–Crippen LogP) is -0.351. The van der Waals surface area contributed by atoms with Crippen LogP contribution in [0.1, 0.15) is 24.0 Å². The van der Waals surface area contributed by atoms with Gasteiger partial charge in [-0.25, -0.2) is 4.98 Å². The second kappa shape index (κ2) is 5.33. The van der Waals surface area contributed by atoms with E-state index >= 15 is 0 Å². The molecular weight excluding hydrogens is 184 g/mol. The second-order valence-corrected chi connectivity index (χ2v) is 2.80. The fourth-order valence-corrected chi connectivity index (χ4v) is 1.12. The number of rotatable bonds is 5. The molecule has 0 bridgehead atoms. The van der Waals surface area contributed by atoms with Crippen LogP contribution in [0.5, 0.6) is 0 Å². The summed E-state index contributed by atoms with van der Waals surface area (Å²) in [4.78, 5) is 17.0. The lowest BCUT2D eigenvalue weighted by Crippen LogP contribution is -2.32. The zero-order valence-corrected chi connectivity index (χ0v) is 8.10. The van der Waals surface area contributed by atoms with Crippen molar-refractivity contribution in [3.63, 3.8) is 0 Å². The van der Waals surface area contributed by atoms with Gasteiger partial charge in [-0.2, -0.15) is 5.10 Å². The molecule has 1 aromatic rings. The molecule has 2 N–H and O–H groups in total. The first-order valence-electron chi connectivity index (χ1n) is 4.55. The van der Waals surface area contributed by atoms with Crippen LogP contribution in [0.4, 0.5) is 0 Å². The average Bonchev–Trinajstić information content (AvgIpc) is 2.71. The van der Waals surface area contributed by atoms with Gasteiger partial charge in [-0.3, -0.25) is 9.89 Å². The highest BCUT2D eigenvalue weighted by Gasteiger charge is 2.15. The Morgan fingerprint density at radius 3 is 3.00 bits per heavy atom. The van der Waals surface area contributed by atoms with Crippen molar-refractivity contribution >= 4 is 5.91 Å². The minimum absolute atomic E-state index is 0.0835. The van der Waals surface area contributed by atoms with Gasteiger partial charge in [0.25, 0.3) is 5.91 Å². The Kier molecular flexibility index (Phi) is 4.06. The van der Waals surface area contributed by atoms with E-state index in [-0.39, 0.29) is 18.3 Å². The van der Waals surface area contributed by atoms with E-state index in [4.69, 9.17) is 5.11 Å². The number of nitrogens with zero attached hydrogens (tertiary/aromatic N) is 3. The second-order valence-electron chi connectivity index (χ2n) is 2.80. The molecule has 0 saturated heterocycles. The number of carbonyl (C=O) groups is 1. The Hall–Kier alpha value is -1.43. The standard InChI is InChI=1S/C8H14N4O2/c1-2-12(4-3-5-13)8(14)7-9-6-10-11-7/h6,13H,2-5H2,1H3,(H,9,10,11). The molecule has 0 atom stereocenters. The summed E-state index contributed by atoms with van der Waals surface area (Å²) in [5, 5.41) is 14.8. The van der Waals surface area contributed by atoms with E-state index < -0.39 is 0 Å². The third-order valence-corrected chi connectivity index (χ3v) is 1.87. The monoisotopic (exact) mass is 198 g/mol. The predicted molar refractivity (Wildman–Crippen MR) is 49.7 cm³/mol. The van der Waals surface area contributed by atoms with Gasteiger partial charge in [-0.1, -0.05) is 0 Å². The minimum Gasteiger partial charge on any atom is -0.396 e. The average molecular weight is 198 g/mol. The number of hydrogen-bond acceptors (Lipinski definition) is 4. The zero-order valence-electron chi connectivity index (χ0n) is 8.10. The largest absolute Gasteiger partial charge is 0.396 e. The molecule has 1 amide bonds. The molecule has 0 aliphatic carbocycles. The molecule has 0 radical (unpaired) electrons. The van der Waals surface area contributed by atoms with Gasteiger partial charge in [-0.15, -0.1) is 0 Å². The molecule has 0 fully saturated rings. The summed E-state index contributed by atoms with van der Waals surface area (Å²) in [6.07, 6.45) is 1.88. The molecule has 1 aromatic heterocycles. The van der Waals surface area contributed by atoms with Crippen molar-refractivity contribution in [2.75, 3.05) is 19.7 Å². The number of carbonyl (C=O) groups excluding carboxylic acids is 1. The normalized spacial score (nSPS) is 10.1. The van der Waals surface area contributed by atoms with Gasteiger partial charge < -0.3 is 10.0 Å². The van der Waals surface area contributed by atoms with Gasteiger partial charge in [0.05, 0.1) is 0 Å². The molecule has 14 heavy (non-hydrogen) atoms. The molecule has 1 heterocycles. The van der Waals surface area contributed by atoms with Crippen molar-refractivity contribution in [3.05, 3.63) is 12.2 Å². The van der Waals surface area contributed by atoms with Crippen LogP contribution in [-0.4, -0.2) is 50.8 Å². The van der Waals surface area contributed by atoms with Crippen LogP contribution in [0.15, 0.2) is 6.33 Å². The Balaban J connectivity index is 2.56. The number of aromatic amines is 1. The number of hydrogen-bond donors (Lipinski definition) is 2. The van der Waals surface area contributed by atoms with Crippen LogP contribution in [0.2, 0.25) is 0 Å². The summed E-state index contributed by atoms with van der Waals surface area (Å²) in [5.74, 6) is 0.0586. The molecule has 0 saturated carbocycles. The van der Waals surface area contributed by atoms with Crippen molar-refractivity contribution in [3.8, 4) is 0 Å². The van der Waals surface area contributed by atoms with E-state index in [1.165, 1.54) is 6.33 Å². The van der Waals surface area contributed by atoms with Crippen molar-refractivity contribution in [2.45, 2.75) is 13.3 Å². The summed E-state index contributed by atoms with van der Waals surface area (Å²) < 4.78 is 0. The molecule has 0 spiro atoms. The van der Waals surface area contributed by atoms with E-state index in [1.807, 2.05) is 6.92 Å². The van der Waals surface area contributed by atoms with Crippen LogP contribution in [0.3, 0.4) is 0 Å². The first kappa shape index (κ1) is 10.6. The number of aliphatic hydroxyl groups excluding tert-OH is 1. The van der Waals surface area contributed by atoms with Gasteiger partial charge in [0.2, 0.25) is 5.82 Å². The Bertz CT molecular complexity index is 273. The van der Waals surface area contributed by atoms with Gasteiger partial charge >= 0.3 is 0 Å². The Labute approximate surface area is 82.0 Å². The van der Waals surface area contributed by atoms with Gasteiger partial charge in [0.1, 0.15) is 6.33 Å². The van der Waals surface area contributed by atoms with Crippen molar-refractivity contribution < 1.29 is 9.90 Å². The molecule has 6 nitrogen and oxygen atoms in total. The summed E-state index contributed by atoms with van der Waals surface area (Å²) in [6, 6.07) is 0. The highest BCUT2D eigenvalue weighted by atomic mass is 16.3. The summed E-state index contributed by atoms with van der Waals surface area (Å²) in [7, 11) is 0. The fraction of sp³-hybridized carbons (Fsp3) is 0.625. The molecule has 0 aliphatic rings. The summed E-state index contributed by atoms with van der Waals surface area (Å²) in [5.41, 5.74) is 0. The Morgan fingerprint density at radius 2 is 2.50 bits per heavy atom. The van der Waals surface area contributed by atoms with Crippen LogP contribution in [0, 0.1) is 0 Å². The maximum Gasteiger partial charge on any atom is 0.291 e. The Morgan fingerprint density at radius 1 is 1.71 bits per heavy atom. The van der Waals surface area contributed by atoms with Crippen molar-refractivity contribution in [2.24, 2.45) is 0 Å². The van der Waals surface area contributed by atoms with E-state index in [0.717, 1.165) is 0 Å². The van der Waals surface area contributed by atoms with Crippen LogP contribution in [-0.2, 0) is 0 Å². The first-order valence-corrected chi connectivity index (χ1v) is 4.55. The lowest BCUT2D eigenvalue weighted by atomic mass is 10.3. The van der Waals surface area contributed by atoms with Crippen molar-refractivity contribution in [1.82, 2.24) is 20.1 Å².